The van der Waals surface area contributed by atoms with Gasteiger partial charge in [-0.2, -0.15) is 0 Å². The maximum atomic E-state index is 2.35. The van der Waals surface area contributed by atoms with Crippen LogP contribution in [0.4, 0.5) is 0 Å². The summed E-state index contributed by atoms with van der Waals surface area (Å²) in [5, 5.41) is 14.1. The van der Waals surface area contributed by atoms with Crippen molar-refractivity contribution in [1.29, 1.82) is 0 Å². The third-order valence-electron chi connectivity index (χ3n) is 7.72. The van der Waals surface area contributed by atoms with E-state index in [-0.39, 0.29) is 0 Å². The van der Waals surface area contributed by atoms with E-state index in [1.807, 2.05) is 11.3 Å². The Morgan fingerprint density at radius 2 is 0.946 bits per heavy atom. The minimum atomic E-state index is 1.28. The zero-order valence-electron chi connectivity index (χ0n) is 20.1. The minimum Gasteiger partial charge on any atom is -0.142 e. The van der Waals surface area contributed by atoms with E-state index in [9.17, 15) is 0 Å². The second-order valence-corrected chi connectivity index (χ2v) is 10.6. The molecule has 0 saturated heterocycles. The molecule has 7 aromatic carbocycles. The molecule has 0 atom stereocenters. The van der Waals surface area contributed by atoms with Gasteiger partial charge in [0.05, 0.1) is 0 Å². The van der Waals surface area contributed by atoms with Crippen molar-refractivity contribution >= 4 is 64.5 Å². The van der Waals surface area contributed by atoms with Gasteiger partial charge >= 0.3 is 0 Å². The molecule has 0 bridgehead atoms. The molecular formula is C36H22S. The summed E-state index contributed by atoms with van der Waals surface area (Å²) in [7, 11) is 0. The molecule has 172 valence electrons. The molecule has 0 N–H and O–H groups in total. The van der Waals surface area contributed by atoms with Crippen molar-refractivity contribution in [1.82, 2.24) is 0 Å². The first-order chi connectivity index (χ1) is 18.3. The molecule has 0 aliphatic heterocycles. The second-order valence-electron chi connectivity index (χ2n) is 9.75. The molecule has 1 aromatic heterocycles. The van der Waals surface area contributed by atoms with Crippen molar-refractivity contribution in [3.8, 4) is 22.3 Å². The standard InChI is InChI=1S/C36H22S/c1-2-10-25-21-34-26(20-24(25)9-1)11-7-15-29(34)28-13-5-6-14-30(28)35-22-37-36-32-17-16-23-8-3-4-12-27(23)31(32)18-19-33(35)36/h1-22H. The van der Waals surface area contributed by atoms with Gasteiger partial charge in [-0.1, -0.05) is 115 Å². The Bertz CT molecular complexity index is 2140. The van der Waals surface area contributed by atoms with Crippen LogP contribution in [0.3, 0.4) is 0 Å². The van der Waals surface area contributed by atoms with Crippen molar-refractivity contribution in [3.63, 3.8) is 0 Å². The predicted molar refractivity (Wildman–Crippen MR) is 163 cm³/mol. The van der Waals surface area contributed by atoms with Gasteiger partial charge in [-0.25, -0.2) is 0 Å². The fourth-order valence-electron chi connectivity index (χ4n) is 5.94. The largest absolute Gasteiger partial charge is 0.142 e. The molecule has 8 aromatic rings. The van der Waals surface area contributed by atoms with E-state index in [1.165, 1.54) is 75.4 Å². The Morgan fingerprint density at radius 3 is 1.81 bits per heavy atom. The Hall–Kier alpha value is -4.46. The van der Waals surface area contributed by atoms with E-state index < -0.39 is 0 Å². The first-order valence-corrected chi connectivity index (χ1v) is 13.6. The summed E-state index contributed by atoms with van der Waals surface area (Å²) in [5.41, 5.74) is 5.16. The van der Waals surface area contributed by atoms with Crippen LogP contribution in [0.1, 0.15) is 0 Å². The van der Waals surface area contributed by atoms with E-state index in [1.54, 1.807) is 0 Å². The van der Waals surface area contributed by atoms with Crippen molar-refractivity contribution < 1.29 is 0 Å². The smallest absolute Gasteiger partial charge is 0.0427 e. The fourth-order valence-corrected chi connectivity index (χ4v) is 7.04. The van der Waals surface area contributed by atoms with Crippen LogP contribution in [-0.4, -0.2) is 0 Å². The molecule has 0 unspecified atom stereocenters. The van der Waals surface area contributed by atoms with Crippen LogP contribution in [0, 0.1) is 0 Å². The topological polar surface area (TPSA) is 0 Å². The van der Waals surface area contributed by atoms with Crippen molar-refractivity contribution in [2.45, 2.75) is 0 Å². The molecule has 0 spiro atoms. The molecule has 1 heteroatoms. The van der Waals surface area contributed by atoms with Crippen LogP contribution in [-0.2, 0) is 0 Å². The Labute approximate surface area is 219 Å². The summed E-state index contributed by atoms with van der Waals surface area (Å²) >= 11 is 1.86. The van der Waals surface area contributed by atoms with E-state index in [0.29, 0.717) is 0 Å². The molecule has 8 rings (SSSR count). The molecule has 0 radical (unpaired) electrons. The third kappa shape index (κ3) is 3.15. The second kappa shape index (κ2) is 8.03. The highest BCUT2D eigenvalue weighted by atomic mass is 32.1. The molecule has 1 heterocycles. The number of benzene rings is 7. The van der Waals surface area contributed by atoms with Crippen molar-refractivity contribution in [2.75, 3.05) is 0 Å². The SMILES string of the molecule is c1ccc(-c2csc3c2ccc2c4ccccc4ccc23)c(-c2cccc3cc4ccccc4cc23)c1. The molecule has 0 nitrogen and oxygen atoms in total. The van der Waals surface area contributed by atoms with Gasteiger partial charge in [0.25, 0.3) is 0 Å². The maximum Gasteiger partial charge on any atom is 0.0427 e. The highest BCUT2D eigenvalue weighted by Crippen LogP contribution is 2.44. The lowest BCUT2D eigenvalue weighted by Gasteiger charge is -2.13. The number of thiophene rings is 1. The summed E-state index contributed by atoms with van der Waals surface area (Å²) in [6.45, 7) is 0. The molecule has 0 fully saturated rings. The highest BCUT2D eigenvalue weighted by molar-refractivity contribution is 7.18. The fraction of sp³-hybridized carbons (Fsp3) is 0. The predicted octanol–water partition coefficient (Wildman–Crippen LogP) is 10.8. The Kier molecular flexibility index (Phi) is 4.49. The number of fused-ring (bicyclic) bond motifs is 7. The quantitative estimate of drug-likeness (QED) is 0.168. The number of hydrogen-bond acceptors (Lipinski definition) is 1. The van der Waals surface area contributed by atoms with Crippen LogP contribution in [0.15, 0.2) is 133 Å². The molecule has 0 amide bonds. The summed E-state index contributed by atoms with van der Waals surface area (Å²) in [5.74, 6) is 0. The highest BCUT2D eigenvalue weighted by Gasteiger charge is 2.15. The number of rotatable bonds is 2. The van der Waals surface area contributed by atoms with Gasteiger partial charge in [0.15, 0.2) is 0 Å². The van der Waals surface area contributed by atoms with E-state index in [2.05, 4.69) is 133 Å². The molecule has 0 aliphatic carbocycles. The third-order valence-corrected chi connectivity index (χ3v) is 8.74. The average molecular weight is 487 g/mol. The summed E-state index contributed by atoms with van der Waals surface area (Å²) in [6, 6.07) is 46.7. The lowest BCUT2D eigenvalue weighted by atomic mass is 9.90. The van der Waals surface area contributed by atoms with Crippen LogP contribution in [0.25, 0.3) is 75.4 Å². The summed E-state index contributed by atoms with van der Waals surface area (Å²) in [4.78, 5) is 0. The van der Waals surface area contributed by atoms with Crippen LogP contribution >= 0.6 is 11.3 Å². The van der Waals surface area contributed by atoms with Gasteiger partial charge in [-0.3, -0.25) is 0 Å². The van der Waals surface area contributed by atoms with Crippen LogP contribution in [0.2, 0.25) is 0 Å². The summed E-state index contributed by atoms with van der Waals surface area (Å²) in [6.07, 6.45) is 0. The number of hydrogen-bond donors (Lipinski definition) is 0. The summed E-state index contributed by atoms with van der Waals surface area (Å²) < 4.78 is 1.36. The Balaban J connectivity index is 1.38. The maximum absolute atomic E-state index is 2.35. The van der Waals surface area contributed by atoms with Crippen molar-refractivity contribution in [2.24, 2.45) is 0 Å². The van der Waals surface area contributed by atoms with Gasteiger partial charge in [0, 0.05) is 21.0 Å². The molecule has 37 heavy (non-hydrogen) atoms. The molecule has 0 saturated carbocycles. The van der Waals surface area contributed by atoms with E-state index in [0.717, 1.165) is 0 Å². The van der Waals surface area contributed by atoms with Gasteiger partial charge in [-0.05, 0) is 71.9 Å². The lowest BCUT2D eigenvalue weighted by Crippen LogP contribution is -1.87. The zero-order valence-corrected chi connectivity index (χ0v) is 20.9. The van der Waals surface area contributed by atoms with E-state index in [4.69, 9.17) is 0 Å². The monoisotopic (exact) mass is 486 g/mol. The van der Waals surface area contributed by atoms with Gasteiger partial charge < -0.3 is 0 Å². The van der Waals surface area contributed by atoms with Crippen molar-refractivity contribution in [3.05, 3.63) is 133 Å². The Morgan fingerprint density at radius 1 is 0.324 bits per heavy atom. The average Bonchev–Trinajstić information content (AvgIpc) is 3.40. The van der Waals surface area contributed by atoms with E-state index >= 15 is 0 Å². The minimum absolute atomic E-state index is 1.28. The van der Waals surface area contributed by atoms with Crippen LogP contribution < -0.4 is 0 Å². The zero-order chi connectivity index (χ0) is 24.3. The first kappa shape index (κ1) is 20.7. The first-order valence-electron chi connectivity index (χ1n) is 12.7. The van der Waals surface area contributed by atoms with Gasteiger partial charge in [-0.15, -0.1) is 11.3 Å². The van der Waals surface area contributed by atoms with Gasteiger partial charge in [0.2, 0.25) is 0 Å². The normalized spacial score (nSPS) is 11.8. The molecule has 0 aliphatic rings. The van der Waals surface area contributed by atoms with Gasteiger partial charge in [0.1, 0.15) is 0 Å². The molecular weight excluding hydrogens is 464 g/mol. The lowest BCUT2D eigenvalue weighted by molar-refractivity contribution is 1.64. The van der Waals surface area contributed by atoms with Crippen LogP contribution in [0.5, 0.6) is 0 Å².